The van der Waals surface area contributed by atoms with Crippen LogP contribution in [0.2, 0.25) is 0 Å². The summed E-state index contributed by atoms with van der Waals surface area (Å²) in [7, 11) is 1.59. The number of hydrogen-bond donors (Lipinski definition) is 0. The van der Waals surface area contributed by atoms with Crippen molar-refractivity contribution in [1.29, 1.82) is 0 Å². The summed E-state index contributed by atoms with van der Waals surface area (Å²) in [6.45, 7) is 2.39. The molecule has 3 nitrogen and oxygen atoms in total. The van der Waals surface area contributed by atoms with Crippen LogP contribution in [0.15, 0.2) is 0 Å². The van der Waals surface area contributed by atoms with E-state index in [0.717, 1.165) is 6.42 Å². The summed E-state index contributed by atoms with van der Waals surface area (Å²) in [6.07, 6.45) is 0.875. The van der Waals surface area contributed by atoms with Crippen molar-refractivity contribution in [2.45, 2.75) is 19.4 Å². The van der Waals surface area contributed by atoms with Crippen LogP contribution in [0.5, 0.6) is 0 Å². The Balaban J connectivity index is 2.39. The summed E-state index contributed by atoms with van der Waals surface area (Å²) in [5, 5.41) is 0. The molecule has 1 heterocycles. The first-order valence-electron chi connectivity index (χ1n) is 3.43. The lowest BCUT2D eigenvalue weighted by atomic mass is 10.1. The van der Waals surface area contributed by atoms with Gasteiger partial charge in [0, 0.05) is 7.11 Å². The smallest absolute Gasteiger partial charge is 0.311 e. The van der Waals surface area contributed by atoms with E-state index < -0.39 is 0 Å². The first kappa shape index (κ1) is 7.54. The predicted octanol–water partition coefficient (Wildman–Crippen LogP) is 0.584. The summed E-state index contributed by atoms with van der Waals surface area (Å²) in [4.78, 5) is 10.9. The molecule has 0 radical (unpaired) electrons. The van der Waals surface area contributed by atoms with Gasteiger partial charge in [-0.3, -0.25) is 4.79 Å². The van der Waals surface area contributed by atoms with Gasteiger partial charge in [0.1, 0.15) is 0 Å². The van der Waals surface area contributed by atoms with Gasteiger partial charge in [0.2, 0.25) is 0 Å². The van der Waals surface area contributed by atoms with Crippen LogP contribution < -0.4 is 0 Å². The molecule has 3 heteroatoms. The summed E-state index contributed by atoms with van der Waals surface area (Å²) in [5.74, 6) is -0.144. The summed E-state index contributed by atoms with van der Waals surface area (Å²) < 4.78 is 9.75. The molecule has 58 valence electrons. The van der Waals surface area contributed by atoms with Gasteiger partial charge in [0.15, 0.2) is 0 Å². The fourth-order valence-corrected chi connectivity index (χ4v) is 1.18. The van der Waals surface area contributed by atoms with E-state index in [1.165, 1.54) is 0 Å². The Kier molecular flexibility index (Phi) is 2.27. The van der Waals surface area contributed by atoms with Crippen LogP contribution in [0.4, 0.5) is 0 Å². The van der Waals surface area contributed by atoms with E-state index in [9.17, 15) is 4.79 Å². The van der Waals surface area contributed by atoms with Crippen LogP contribution in [0.1, 0.15) is 13.3 Å². The lowest BCUT2D eigenvalue weighted by Gasteiger charge is -2.00. The fourth-order valence-electron chi connectivity index (χ4n) is 1.18. The van der Waals surface area contributed by atoms with Crippen LogP contribution >= 0.6 is 0 Å². The summed E-state index contributed by atoms with van der Waals surface area (Å²) in [6, 6.07) is 0. The van der Waals surface area contributed by atoms with Gasteiger partial charge in [-0.1, -0.05) is 0 Å². The van der Waals surface area contributed by atoms with Crippen LogP contribution in [0.25, 0.3) is 0 Å². The molecule has 2 unspecified atom stereocenters. The first-order valence-corrected chi connectivity index (χ1v) is 3.43. The lowest BCUT2D eigenvalue weighted by Crippen LogP contribution is -2.13. The average Bonchev–Trinajstić information content (AvgIpc) is 2.13. The molecule has 0 spiro atoms. The SMILES string of the molecule is COCC1CC(C)OC1=O. The summed E-state index contributed by atoms with van der Waals surface area (Å²) in [5.41, 5.74) is 0. The van der Waals surface area contributed by atoms with Gasteiger partial charge in [-0.25, -0.2) is 0 Å². The first-order chi connectivity index (χ1) is 4.74. The molecule has 0 saturated carbocycles. The second-order valence-corrected chi connectivity index (χ2v) is 2.64. The zero-order valence-corrected chi connectivity index (χ0v) is 6.29. The van der Waals surface area contributed by atoms with Gasteiger partial charge in [0.25, 0.3) is 0 Å². The molecule has 1 fully saturated rings. The highest BCUT2D eigenvalue weighted by Crippen LogP contribution is 2.20. The maximum atomic E-state index is 10.9. The average molecular weight is 144 g/mol. The van der Waals surface area contributed by atoms with Crippen molar-refractivity contribution in [2.24, 2.45) is 5.92 Å². The molecule has 1 aliphatic rings. The lowest BCUT2D eigenvalue weighted by molar-refractivity contribution is -0.144. The third-order valence-corrected chi connectivity index (χ3v) is 1.63. The molecule has 0 aromatic heterocycles. The largest absolute Gasteiger partial charge is 0.462 e. The van der Waals surface area contributed by atoms with Crippen molar-refractivity contribution in [2.75, 3.05) is 13.7 Å². The second-order valence-electron chi connectivity index (χ2n) is 2.64. The maximum absolute atomic E-state index is 10.9. The maximum Gasteiger partial charge on any atom is 0.311 e. The van der Waals surface area contributed by atoms with Crippen molar-refractivity contribution in [3.8, 4) is 0 Å². The molecule has 0 aromatic carbocycles. The van der Waals surface area contributed by atoms with Crippen molar-refractivity contribution < 1.29 is 14.3 Å². The van der Waals surface area contributed by atoms with E-state index in [0.29, 0.717) is 6.61 Å². The van der Waals surface area contributed by atoms with Crippen LogP contribution in [-0.2, 0) is 14.3 Å². The highest BCUT2D eigenvalue weighted by atomic mass is 16.6. The molecule has 0 N–H and O–H groups in total. The second kappa shape index (κ2) is 3.01. The Bertz CT molecular complexity index is 133. The number of cyclic esters (lactones) is 1. The topological polar surface area (TPSA) is 35.5 Å². The van der Waals surface area contributed by atoms with Gasteiger partial charge in [-0.2, -0.15) is 0 Å². The van der Waals surface area contributed by atoms with Crippen molar-refractivity contribution in [3.63, 3.8) is 0 Å². The highest BCUT2D eigenvalue weighted by Gasteiger charge is 2.31. The number of hydrogen-bond acceptors (Lipinski definition) is 3. The molecule has 10 heavy (non-hydrogen) atoms. The highest BCUT2D eigenvalue weighted by molar-refractivity contribution is 5.74. The molecule has 0 amide bonds. The number of methoxy groups -OCH3 is 1. The number of rotatable bonds is 2. The molecular formula is C7H12O3. The van der Waals surface area contributed by atoms with Crippen LogP contribution in [0.3, 0.4) is 0 Å². The fraction of sp³-hybridized carbons (Fsp3) is 0.857. The van der Waals surface area contributed by atoms with E-state index in [1.54, 1.807) is 7.11 Å². The molecule has 1 saturated heterocycles. The molecule has 1 aliphatic heterocycles. The predicted molar refractivity (Wildman–Crippen MR) is 35.5 cm³/mol. The summed E-state index contributed by atoms with van der Waals surface area (Å²) >= 11 is 0. The standard InChI is InChI=1S/C7H12O3/c1-5-3-6(4-9-2)7(8)10-5/h5-6H,3-4H2,1-2H3. The molecule has 0 aliphatic carbocycles. The number of carbonyl (C=O) groups excluding carboxylic acids is 1. The quantitative estimate of drug-likeness (QED) is 0.532. The van der Waals surface area contributed by atoms with Gasteiger partial charge in [0.05, 0.1) is 18.6 Å². The van der Waals surface area contributed by atoms with Crippen molar-refractivity contribution in [1.82, 2.24) is 0 Å². The molecule has 0 bridgehead atoms. The van der Waals surface area contributed by atoms with Crippen molar-refractivity contribution >= 4 is 5.97 Å². The van der Waals surface area contributed by atoms with Crippen LogP contribution in [-0.4, -0.2) is 25.8 Å². The zero-order chi connectivity index (χ0) is 7.56. The Morgan fingerprint density at radius 1 is 1.80 bits per heavy atom. The minimum atomic E-state index is -0.116. The Hall–Kier alpha value is -0.570. The number of carbonyl (C=O) groups is 1. The Labute approximate surface area is 60.3 Å². The van der Waals surface area contributed by atoms with Crippen molar-refractivity contribution in [3.05, 3.63) is 0 Å². The molecule has 1 rings (SSSR count). The molecular weight excluding hydrogens is 132 g/mol. The van der Waals surface area contributed by atoms with Gasteiger partial charge in [-0.05, 0) is 13.3 Å². The Morgan fingerprint density at radius 3 is 2.90 bits per heavy atom. The van der Waals surface area contributed by atoms with Crippen LogP contribution in [0, 0.1) is 5.92 Å². The Morgan fingerprint density at radius 2 is 2.50 bits per heavy atom. The number of esters is 1. The minimum absolute atomic E-state index is 0.0278. The van der Waals surface area contributed by atoms with E-state index >= 15 is 0 Å². The van der Waals surface area contributed by atoms with E-state index in [1.807, 2.05) is 6.92 Å². The van der Waals surface area contributed by atoms with E-state index in [-0.39, 0.29) is 18.0 Å². The van der Waals surface area contributed by atoms with Gasteiger partial charge >= 0.3 is 5.97 Å². The molecule has 0 aromatic rings. The zero-order valence-electron chi connectivity index (χ0n) is 6.29. The van der Waals surface area contributed by atoms with E-state index in [2.05, 4.69) is 0 Å². The normalized spacial score (nSPS) is 32.4. The minimum Gasteiger partial charge on any atom is -0.462 e. The third-order valence-electron chi connectivity index (χ3n) is 1.63. The van der Waals surface area contributed by atoms with Gasteiger partial charge in [-0.15, -0.1) is 0 Å². The third kappa shape index (κ3) is 1.48. The van der Waals surface area contributed by atoms with Gasteiger partial charge < -0.3 is 9.47 Å². The monoisotopic (exact) mass is 144 g/mol. The number of ether oxygens (including phenoxy) is 2. The van der Waals surface area contributed by atoms with E-state index in [4.69, 9.17) is 9.47 Å². The molecule has 2 atom stereocenters.